The summed E-state index contributed by atoms with van der Waals surface area (Å²) in [5.74, 6) is -1.20. The minimum absolute atomic E-state index is 0.0124. The number of hydrogen-bond donors (Lipinski definition) is 7. The third-order valence-corrected chi connectivity index (χ3v) is 11.5. The summed E-state index contributed by atoms with van der Waals surface area (Å²) in [6.45, 7) is 8.87. The molecule has 0 radical (unpaired) electrons. The molecule has 0 aromatic heterocycles. The van der Waals surface area contributed by atoms with Crippen LogP contribution in [0.4, 0.5) is 0 Å². The zero-order valence-corrected chi connectivity index (χ0v) is 29.9. The molecule has 4 fully saturated rings. The smallest absolute Gasteiger partial charge is 0.350 e. The van der Waals surface area contributed by atoms with Gasteiger partial charge in [0.25, 0.3) is 5.60 Å². The molecule has 4 rings (SSSR count). The monoisotopic (exact) mass is 677 g/mol. The van der Waals surface area contributed by atoms with E-state index in [1.54, 1.807) is 7.05 Å². The van der Waals surface area contributed by atoms with Crippen molar-refractivity contribution in [3.05, 3.63) is 11.6 Å². The minimum Gasteiger partial charge on any atom is -0.459 e. The first kappa shape index (κ1) is 38.4. The first-order valence-electron chi connectivity index (χ1n) is 18.8. The Kier molecular flexibility index (Phi) is 14.0. The summed E-state index contributed by atoms with van der Waals surface area (Å²) in [5, 5.41) is 17.5. The van der Waals surface area contributed by atoms with Crippen LogP contribution in [0.2, 0.25) is 0 Å². The zero-order chi connectivity index (χ0) is 34.9. The predicted molar refractivity (Wildman–Crippen MR) is 182 cm³/mol. The van der Waals surface area contributed by atoms with Gasteiger partial charge in [-0.25, -0.2) is 4.79 Å². The normalized spacial score (nSPS) is 32.5. The Morgan fingerprint density at radius 1 is 1.19 bits per heavy atom. The van der Waals surface area contributed by atoms with Crippen LogP contribution in [0.5, 0.6) is 0 Å². The standard InChI is InChI=1S/C36H62N6O6/c1-5-7-11-25(22-40-6-2)29(14-10-19-43)47-33(46)36-32(45)27-13-9-8-12-26(27)31(44)35(36,48-36)17-15-23(3)20-28(42-34(38)39-4)24-16-18-41-30(37)21-24/h15,24-30,40-41,43H,5-14,16-22,37H2,1-4H3,(H3,38,39,42)/p+3. The van der Waals surface area contributed by atoms with E-state index in [4.69, 9.17) is 20.9 Å². The Hall–Kier alpha value is -2.38. The molecule has 0 aromatic rings. The number of unbranched alkanes of at least 4 members (excludes halogenated alkanes) is 1. The molecular weight excluding hydrogens is 612 g/mol. The second-order valence-electron chi connectivity index (χ2n) is 14.8. The quantitative estimate of drug-likeness (QED) is 0.0225. The van der Waals surface area contributed by atoms with Gasteiger partial charge in [0, 0.05) is 56.0 Å². The number of nitrogens with two attached hydrogens (primary N) is 4. The van der Waals surface area contributed by atoms with E-state index in [1.165, 1.54) is 0 Å². The molecule has 2 saturated heterocycles. The summed E-state index contributed by atoms with van der Waals surface area (Å²) in [5.41, 5.74) is 10.0. The van der Waals surface area contributed by atoms with Gasteiger partial charge >= 0.3 is 11.9 Å². The molecule has 11 N–H and O–H groups in total. The molecule has 9 atom stereocenters. The largest absolute Gasteiger partial charge is 0.459 e. The third kappa shape index (κ3) is 8.31. The predicted octanol–water partition coefficient (Wildman–Crippen LogP) is -1.51. The number of epoxide rings is 1. The summed E-state index contributed by atoms with van der Waals surface area (Å²) < 4.78 is 12.6. The first-order chi connectivity index (χ1) is 23.1. The lowest BCUT2D eigenvalue weighted by Gasteiger charge is -2.37. The van der Waals surface area contributed by atoms with Crippen LogP contribution >= 0.6 is 0 Å². The molecule has 4 aliphatic rings. The van der Waals surface area contributed by atoms with Crippen molar-refractivity contribution < 1.29 is 44.6 Å². The van der Waals surface area contributed by atoms with Crippen LogP contribution in [-0.4, -0.2) is 91.4 Å². The van der Waals surface area contributed by atoms with E-state index < -0.39 is 35.1 Å². The van der Waals surface area contributed by atoms with E-state index in [9.17, 15) is 19.5 Å². The van der Waals surface area contributed by atoms with Crippen molar-refractivity contribution >= 4 is 23.5 Å². The molecule has 272 valence electrons. The number of carbonyl (C=O) groups is 3. The van der Waals surface area contributed by atoms with E-state index in [0.717, 1.165) is 70.2 Å². The van der Waals surface area contributed by atoms with Crippen LogP contribution in [-0.2, 0) is 23.9 Å². The topological polar surface area (TPSA) is 204 Å². The maximum atomic E-state index is 14.4. The molecule has 0 spiro atoms. The van der Waals surface area contributed by atoms with Crippen LogP contribution in [0.25, 0.3) is 0 Å². The van der Waals surface area contributed by atoms with Gasteiger partial charge in [-0.2, -0.15) is 0 Å². The maximum Gasteiger partial charge on any atom is 0.350 e. The number of esters is 1. The SMILES string of the molecule is CCCCC(C[NH2+]CC)C(CCCO)OC(=O)C12OC1(CC=C(C)CC(NC(N)=[NH+]C)C1CC[NH2+]C(N)C1)C(=O)C1CCCCC1C2=O. The van der Waals surface area contributed by atoms with Gasteiger partial charge < -0.3 is 25.2 Å². The molecule has 48 heavy (non-hydrogen) atoms. The van der Waals surface area contributed by atoms with Crippen molar-refractivity contribution in [2.24, 2.45) is 35.1 Å². The fourth-order valence-corrected chi connectivity index (χ4v) is 8.64. The highest BCUT2D eigenvalue weighted by Gasteiger charge is 2.87. The number of nitrogens with one attached hydrogen (secondary N) is 2. The Labute approximate surface area is 287 Å². The fourth-order valence-electron chi connectivity index (χ4n) is 8.64. The maximum absolute atomic E-state index is 14.4. The van der Waals surface area contributed by atoms with Crippen molar-refractivity contribution in [1.29, 1.82) is 0 Å². The van der Waals surface area contributed by atoms with E-state index in [-0.39, 0.29) is 42.7 Å². The first-order valence-corrected chi connectivity index (χ1v) is 18.8. The second-order valence-corrected chi connectivity index (χ2v) is 14.8. The number of quaternary nitrogens is 2. The molecule has 9 unspecified atom stereocenters. The molecule has 0 amide bonds. The molecule has 2 aliphatic heterocycles. The number of hydrogen-bond acceptors (Lipinski definition) is 7. The summed E-state index contributed by atoms with van der Waals surface area (Å²) in [6, 6.07) is 0.0273. The highest BCUT2D eigenvalue weighted by atomic mass is 16.7. The molecule has 0 aromatic carbocycles. The Morgan fingerprint density at radius 3 is 2.56 bits per heavy atom. The van der Waals surface area contributed by atoms with Crippen LogP contribution in [0, 0.1) is 23.7 Å². The lowest BCUT2D eigenvalue weighted by Crippen LogP contribution is -2.95. The lowest BCUT2D eigenvalue weighted by atomic mass is 9.61. The number of piperidine rings is 1. The van der Waals surface area contributed by atoms with E-state index in [0.29, 0.717) is 44.0 Å². The van der Waals surface area contributed by atoms with E-state index in [2.05, 4.69) is 34.8 Å². The molecular formula is C36H65N6O6+3. The van der Waals surface area contributed by atoms with Crippen LogP contribution < -0.4 is 32.4 Å². The van der Waals surface area contributed by atoms with Crippen molar-refractivity contribution in [2.75, 3.05) is 33.3 Å². The molecule has 12 heteroatoms. The number of ether oxygens (including phenoxy) is 2. The number of aliphatic hydroxyl groups excluding tert-OH is 1. The summed E-state index contributed by atoms with van der Waals surface area (Å²) in [4.78, 5) is 46.0. The van der Waals surface area contributed by atoms with Crippen molar-refractivity contribution in [1.82, 2.24) is 5.32 Å². The van der Waals surface area contributed by atoms with Gasteiger partial charge in [-0.15, -0.1) is 0 Å². The summed E-state index contributed by atoms with van der Waals surface area (Å²) in [6.07, 6.45) is 11.0. The number of guanidine groups is 1. The van der Waals surface area contributed by atoms with Gasteiger partial charge in [0.2, 0.25) is 0 Å². The number of aliphatic hydroxyl groups is 1. The summed E-state index contributed by atoms with van der Waals surface area (Å²) >= 11 is 0. The summed E-state index contributed by atoms with van der Waals surface area (Å²) in [7, 11) is 1.78. The van der Waals surface area contributed by atoms with Gasteiger partial charge in [-0.1, -0.05) is 44.3 Å². The van der Waals surface area contributed by atoms with Gasteiger partial charge in [-0.05, 0) is 46.0 Å². The zero-order valence-electron chi connectivity index (χ0n) is 29.9. The Bertz CT molecular complexity index is 1170. The van der Waals surface area contributed by atoms with Crippen LogP contribution in [0.3, 0.4) is 0 Å². The number of carbonyl (C=O) groups excluding carboxylic acids is 3. The number of Topliss-reactive ketones (excluding diaryl/α,β-unsaturated/α-hetero) is 2. The molecule has 0 bridgehead atoms. The molecule has 12 nitrogen and oxygen atoms in total. The number of ketones is 2. The van der Waals surface area contributed by atoms with E-state index in [1.807, 2.05) is 13.0 Å². The minimum atomic E-state index is -1.91. The average Bonchev–Trinajstić information content (AvgIpc) is 3.80. The second kappa shape index (κ2) is 17.5. The van der Waals surface area contributed by atoms with Gasteiger partial charge in [-0.3, -0.25) is 31.4 Å². The van der Waals surface area contributed by atoms with Crippen LogP contribution in [0.1, 0.15) is 104 Å². The van der Waals surface area contributed by atoms with Crippen LogP contribution in [0.15, 0.2) is 11.6 Å². The molecule has 2 aliphatic carbocycles. The van der Waals surface area contributed by atoms with Crippen molar-refractivity contribution in [3.63, 3.8) is 0 Å². The Morgan fingerprint density at radius 2 is 1.92 bits per heavy atom. The van der Waals surface area contributed by atoms with E-state index >= 15 is 0 Å². The Balaban J connectivity index is 1.61. The van der Waals surface area contributed by atoms with Crippen molar-refractivity contribution in [3.8, 4) is 0 Å². The van der Waals surface area contributed by atoms with Crippen molar-refractivity contribution in [2.45, 2.75) is 134 Å². The third-order valence-electron chi connectivity index (χ3n) is 11.5. The number of fused-ring (bicyclic) bond motifs is 2. The highest BCUT2D eigenvalue weighted by molar-refractivity contribution is 6.23. The highest BCUT2D eigenvalue weighted by Crippen LogP contribution is 2.61. The number of rotatable bonds is 18. The average molecular weight is 678 g/mol. The fraction of sp³-hybridized carbons (Fsp3) is 0.833. The van der Waals surface area contributed by atoms with Gasteiger partial charge in [0.1, 0.15) is 12.3 Å². The van der Waals surface area contributed by atoms with Gasteiger partial charge in [0.15, 0.2) is 17.2 Å². The molecule has 2 saturated carbocycles. The molecule has 2 heterocycles. The lowest BCUT2D eigenvalue weighted by molar-refractivity contribution is -0.699. The van der Waals surface area contributed by atoms with Gasteiger partial charge in [0.05, 0.1) is 32.7 Å².